The fourth-order valence-electron chi connectivity index (χ4n) is 1.97. The van der Waals surface area contributed by atoms with Crippen LogP contribution in [-0.2, 0) is 24.2 Å². The molecule has 0 saturated carbocycles. The van der Waals surface area contributed by atoms with E-state index in [1.165, 1.54) is 4.88 Å². The van der Waals surface area contributed by atoms with E-state index >= 15 is 0 Å². The number of aryl methyl sites for hydroxylation is 2. The van der Waals surface area contributed by atoms with Gasteiger partial charge in [-0.15, -0.1) is 11.3 Å². The predicted molar refractivity (Wildman–Crippen MR) is 89.7 cm³/mol. The van der Waals surface area contributed by atoms with Crippen molar-refractivity contribution in [2.24, 2.45) is 0 Å². The van der Waals surface area contributed by atoms with Crippen molar-refractivity contribution >= 4 is 17.3 Å². The molecule has 1 N–H and O–H groups in total. The van der Waals surface area contributed by atoms with Crippen molar-refractivity contribution in [3.63, 3.8) is 0 Å². The molecule has 2 aromatic rings. The lowest BCUT2D eigenvalue weighted by Crippen LogP contribution is -2.02. The van der Waals surface area contributed by atoms with Crippen LogP contribution in [0, 0.1) is 6.92 Å². The minimum Gasteiger partial charge on any atom is -0.487 e. The molecule has 0 fully saturated rings. The van der Waals surface area contributed by atoms with Gasteiger partial charge in [-0.1, -0.05) is 32.9 Å². The Hall–Kier alpha value is -1.88. The zero-order valence-electron chi connectivity index (χ0n) is 13.5. The molecule has 0 aliphatic rings. The van der Waals surface area contributed by atoms with Gasteiger partial charge in [-0.25, -0.2) is 4.98 Å². The molecule has 1 aromatic carbocycles. The summed E-state index contributed by atoms with van der Waals surface area (Å²) in [5, 5.41) is 9.83. The van der Waals surface area contributed by atoms with Crippen LogP contribution in [0.2, 0.25) is 0 Å². The minimum atomic E-state index is -0.842. The number of thiazole rings is 1. The monoisotopic (exact) mass is 321 g/mol. The molecule has 1 aromatic heterocycles. The van der Waals surface area contributed by atoms with E-state index < -0.39 is 5.97 Å². The van der Waals surface area contributed by atoms with E-state index in [9.17, 15) is 4.79 Å². The van der Waals surface area contributed by atoms with Gasteiger partial charge >= 0.3 is 5.97 Å². The first kappa shape index (κ1) is 18.2. The third kappa shape index (κ3) is 5.48. The zero-order valence-corrected chi connectivity index (χ0v) is 14.4. The largest absolute Gasteiger partial charge is 0.487 e. The zero-order chi connectivity index (χ0) is 16.5. The maximum atomic E-state index is 10.7. The highest BCUT2D eigenvalue weighted by atomic mass is 32.1. The Morgan fingerprint density at radius 1 is 1.36 bits per heavy atom. The number of ether oxygens (including phenoxy) is 1. The van der Waals surface area contributed by atoms with Crippen molar-refractivity contribution in [3.8, 4) is 5.75 Å². The van der Waals surface area contributed by atoms with Gasteiger partial charge in [-0.05, 0) is 31.0 Å². The molecular formula is C17H23NO3S. The number of rotatable bonds is 6. The number of hydrogen-bond donors (Lipinski definition) is 1. The molecule has 0 radical (unpaired) electrons. The Labute approximate surface area is 135 Å². The molecule has 120 valence electrons. The Balaban J connectivity index is 0.00000116. The highest BCUT2D eigenvalue weighted by molar-refractivity contribution is 7.11. The number of aromatic nitrogens is 1. The molecule has 0 atom stereocenters. The molecule has 0 aliphatic heterocycles. The summed E-state index contributed by atoms with van der Waals surface area (Å²) in [7, 11) is 0. The quantitative estimate of drug-likeness (QED) is 0.864. The maximum Gasteiger partial charge on any atom is 0.307 e. The fraction of sp³-hybridized carbons (Fsp3) is 0.412. The van der Waals surface area contributed by atoms with Gasteiger partial charge in [0.2, 0.25) is 0 Å². The summed E-state index contributed by atoms with van der Waals surface area (Å²) in [6, 6.07) is 7.18. The predicted octanol–water partition coefficient (Wildman–Crippen LogP) is 4.25. The highest BCUT2D eigenvalue weighted by Gasteiger charge is 2.08. The minimum absolute atomic E-state index is 0.00716. The van der Waals surface area contributed by atoms with Gasteiger partial charge < -0.3 is 9.84 Å². The molecule has 22 heavy (non-hydrogen) atoms. The van der Waals surface area contributed by atoms with Crippen LogP contribution in [0.5, 0.6) is 5.75 Å². The lowest BCUT2D eigenvalue weighted by atomic mass is 10.1. The van der Waals surface area contributed by atoms with Crippen LogP contribution in [-0.4, -0.2) is 16.1 Å². The van der Waals surface area contributed by atoms with Crippen molar-refractivity contribution < 1.29 is 14.6 Å². The molecule has 0 amide bonds. The Kier molecular flexibility index (Phi) is 7.60. The van der Waals surface area contributed by atoms with Crippen LogP contribution in [0.15, 0.2) is 24.3 Å². The number of carboxylic acids is 1. The Morgan fingerprint density at radius 2 is 2.09 bits per heavy atom. The SMILES string of the molecule is CC.CCc1sc(C)nc1COc1cccc(CC(=O)O)c1. The standard InChI is InChI=1S/C15H17NO3S.C2H6/c1-3-14-13(16-10(2)20-14)9-19-12-6-4-5-11(7-12)8-15(17)18;1-2/h4-7H,3,8-9H2,1-2H3,(H,17,18);1-2H3. The highest BCUT2D eigenvalue weighted by Crippen LogP contribution is 2.21. The molecule has 2 rings (SSSR count). The first-order valence-corrected chi connectivity index (χ1v) is 8.29. The third-order valence-electron chi connectivity index (χ3n) is 2.84. The molecule has 1 heterocycles. The number of carboxylic acid groups (broad SMARTS) is 1. The van der Waals surface area contributed by atoms with E-state index in [2.05, 4.69) is 11.9 Å². The van der Waals surface area contributed by atoms with Crippen molar-refractivity contribution in [3.05, 3.63) is 45.4 Å². The third-order valence-corrected chi connectivity index (χ3v) is 3.99. The average molecular weight is 321 g/mol. The Bertz CT molecular complexity index is 608. The van der Waals surface area contributed by atoms with E-state index in [0.717, 1.165) is 22.7 Å². The van der Waals surface area contributed by atoms with Crippen molar-refractivity contribution in [2.75, 3.05) is 0 Å². The molecule has 4 nitrogen and oxygen atoms in total. The van der Waals surface area contributed by atoms with Crippen LogP contribution in [0.3, 0.4) is 0 Å². The average Bonchev–Trinajstić information content (AvgIpc) is 2.87. The smallest absolute Gasteiger partial charge is 0.307 e. The van der Waals surface area contributed by atoms with Crippen LogP contribution in [0.1, 0.15) is 41.9 Å². The van der Waals surface area contributed by atoms with E-state index in [1.54, 1.807) is 29.5 Å². The van der Waals surface area contributed by atoms with Gasteiger partial charge in [0.15, 0.2) is 0 Å². The summed E-state index contributed by atoms with van der Waals surface area (Å²) >= 11 is 1.69. The summed E-state index contributed by atoms with van der Waals surface area (Å²) in [5.74, 6) is -0.165. The van der Waals surface area contributed by atoms with Crippen LogP contribution < -0.4 is 4.74 Å². The van der Waals surface area contributed by atoms with E-state index in [4.69, 9.17) is 9.84 Å². The van der Waals surface area contributed by atoms with Gasteiger partial charge in [0.1, 0.15) is 12.4 Å². The van der Waals surface area contributed by atoms with Crippen LogP contribution in [0.4, 0.5) is 0 Å². The van der Waals surface area contributed by atoms with Crippen molar-refractivity contribution in [1.29, 1.82) is 0 Å². The second-order valence-corrected chi connectivity index (χ2v) is 5.75. The molecule has 0 saturated heterocycles. The van der Waals surface area contributed by atoms with Gasteiger partial charge in [-0.3, -0.25) is 4.79 Å². The topological polar surface area (TPSA) is 59.4 Å². The maximum absolute atomic E-state index is 10.7. The van der Waals surface area contributed by atoms with Crippen molar-refractivity contribution in [1.82, 2.24) is 4.98 Å². The molecular weight excluding hydrogens is 298 g/mol. The summed E-state index contributed by atoms with van der Waals surface area (Å²) in [5.41, 5.74) is 1.71. The van der Waals surface area contributed by atoms with E-state index in [1.807, 2.05) is 26.8 Å². The number of carbonyl (C=O) groups is 1. The number of aliphatic carboxylic acids is 1. The van der Waals surface area contributed by atoms with Gasteiger partial charge in [-0.2, -0.15) is 0 Å². The number of benzene rings is 1. The fourth-order valence-corrected chi connectivity index (χ4v) is 2.85. The second kappa shape index (κ2) is 9.20. The summed E-state index contributed by atoms with van der Waals surface area (Å²) in [6.45, 7) is 8.51. The lowest BCUT2D eigenvalue weighted by molar-refractivity contribution is -0.136. The van der Waals surface area contributed by atoms with E-state index in [0.29, 0.717) is 12.4 Å². The molecule has 0 spiro atoms. The number of nitrogens with zero attached hydrogens (tertiary/aromatic N) is 1. The second-order valence-electron chi connectivity index (χ2n) is 4.46. The molecule has 0 aliphatic carbocycles. The number of hydrogen-bond acceptors (Lipinski definition) is 4. The summed E-state index contributed by atoms with van der Waals surface area (Å²) in [4.78, 5) is 16.4. The Morgan fingerprint density at radius 3 is 2.73 bits per heavy atom. The lowest BCUT2D eigenvalue weighted by Gasteiger charge is -2.07. The molecule has 5 heteroatoms. The van der Waals surface area contributed by atoms with Crippen molar-refractivity contribution in [2.45, 2.75) is 47.1 Å². The molecule has 0 unspecified atom stereocenters. The van der Waals surface area contributed by atoms with Gasteiger partial charge in [0, 0.05) is 4.88 Å². The van der Waals surface area contributed by atoms with Gasteiger partial charge in [0.05, 0.1) is 17.1 Å². The van der Waals surface area contributed by atoms with E-state index in [-0.39, 0.29) is 6.42 Å². The van der Waals surface area contributed by atoms with Gasteiger partial charge in [0.25, 0.3) is 0 Å². The van der Waals surface area contributed by atoms with Crippen LogP contribution in [0.25, 0.3) is 0 Å². The van der Waals surface area contributed by atoms with Crippen LogP contribution >= 0.6 is 11.3 Å². The summed E-state index contributed by atoms with van der Waals surface area (Å²) < 4.78 is 5.72. The first-order chi connectivity index (χ1) is 10.6. The normalized spacial score (nSPS) is 9.82. The molecule has 0 bridgehead atoms. The summed E-state index contributed by atoms with van der Waals surface area (Å²) in [6.07, 6.45) is 0.955. The first-order valence-electron chi connectivity index (χ1n) is 7.47.